The highest BCUT2D eigenvalue weighted by Gasteiger charge is 2.18. The Morgan fingerprint density at radius 3 is 2.36 bits per heavy atom. The van der Waals surface area contributed by atoms with Crippen LogP contribution in [0.1, 0.15) is 12.8 Å². The van der Waals surface area contributed by atoms with Crippen LogP contribution in [-0.4, -0.2) is 58.1 Å². The van der Waals surface area contributed by atoms with Gasteiger partial charge in [-0.15, -0.1) is 0 Å². The second kappa shape index (κ2) is 5.09. The van der Waals surface area contributed by atoms with Crippen LogP contribution < -0.4 is 5.32 Å². The highest BCUT2D eigenvalue weighted by atomic mass is 32.2. The van der Waals surface area contributed by atoms with Crippen molar-refractivity contribution in [1.82, 2.24) is 10.2 Å². The highest BCUT2D eigenvalue weighted by Crippen LogP contribution is 2.09. The van der Waals surface area contributed by atoms with Gasteiger partial charge in [-0.3, -0.25) is 0 Å². The third-order valence-corrected chi connectivity index (χ3v) is 3.70. The molecule has 0 amide bonds. The van der Waals surface area contributed by atoms with E-state index in [0.717, 1.165) is 25.9 Å². The Bertz CT molecular complexity index is 256. The summed E-state index contributed by atoms with van der Waals surface area (Å²) < 4.78 is 21.9. The van der Waals surface area contributed by atoms with E-state index in [9.17, 15) is 8.42 Å². The van der Waals surface area contributed by atoms with Crippen LogP contribution in [0.5, 0.6) is 0 Å². The first kappa shape index (κ1) is 11.9. The minimum atomic E-state index is -2.80. The summed E-state index contributed by atoms with van der Waals surface area (Å²) in [5, 5.41) is 3.25. The molecule has 5 heteroatoms. The molecule has 84 valence electrons. The number of rotatable bonds is 4. The van der Waals surface area contributed by atoms with Crippen molar-refractivity contribution < 1.29 is 8.42 Å². The van der Waals surface area contributed by atoms with Crippen LogP contribution in [0.4, 0.5) is 0 Å². The average Bonchev–Trinajstić information content (AvgIpc) is 2.14. The summed E-state index contributed by atoms with van der Waals surface area (Å²) in [4.78, 5) is 2.23. The average molecular weight is 220 g/mol. The van der Waals surface area contributed by atoms with Crippen molar-refractivity contribution in [2.45, 2.75) is 18.9 Å². The molecule has 0 spiro atoms. The largest absolute Gasteiger partial charge is 0.317 e. The molecule has 1 fully saturated rings. The van der Waals surface area contributed by atoms with Gasteiger partial charge in [0, 0.05) is 18.8 Å². The molecule has 0 unspecified atom stereocenters. The number of hydrogen-bond acceptors (Lipinski definition) is 4. The van der Waals surface area contributed by atoms with Crippen LogP contribution in [0.2, 0.25) is 0 Å². The van der Waals surface area contributed by atoms with Gasteiger partial charge in [-0.2, -0.15) is 0 Å². The van der Waals surface area contributed by atoms with Crippen molar-refractivity contribution in [1.29, 1.82) is 0 Å². The van der Waals surface area contributed by atoms with Gasteiger partial charge in [-0.1, -0.05) is 0 Å². The summed E-state index contributed by atoms with van der Waals surface area (Å²) in [6.45, 7) is 2.72. The van der Waals surface area contributed by atoms with Gasteiger partial charge < -0.3 is 10.2 Å². The summed E-state index contributed by atoms with van der Waals surface area (Å²) in [5.41, 5.74) is 0. The number of likely N-dealkylation sites (tertiary alicyclic amines) is 1. The number of sulfone groups is 1. The van der Waals surface area contributed by atoms with Gasteiger partial charge in [0.05, 0.1) is 5.75 Å². The topological polar surface area (TPSA) is 49.4 Å². The number of hydrogen-bond donors (Lipinski definition) is 1. The number of nitrogens with one attached hydrogen (secondary N) is 1. The van der Waals surface area contributed by atoms with E-state index in [1.165, 1.54) is 6.26 Å². The molecule has 1 aliphatic rings. The summed E-state index contributed by atoms with van der Waals surface area (Å²) in [6, 6.07) is 0.615. The van der Waals surface area contributed by atoms with E-state index in [4.69, 9.17) is 0 Å². The molecule has 14 heavy (non-hydrogen) atoms. The fraction of sp³-hybridized carbons (Fsp3) is 1.00. The van der Waals surface area contributed by atoms with E-state index in [1.807, 2.05) is 7.05 Å². The Kier molecular flexibility index (Phi) is 4.34. The molecule has 0 aromatic carbocycles. The van der Waals surface area contributed by atoms with Crippen LogP contribution in [0.25, 0.3) is 0 Å². The van der Waals surface area contributed by atoms with E-state index in [1.54, 1.807) is 0 Å². The Hall–Kier alpha value is -0.130. The lowest BCUT2D eigenvalue weighted by Gasteiger charge is -2.31. The molecule has 0 bridgehead atoms. The normalized spacial score (nSPS) is 21.3. The maximum absolute atomic E-state index is 11.0. The van der Waals surface area contributed by atoms with Crippen molar-refractivity contribution >= 4 is 9.84 Å². The number of piperidine rings is 1. The second-order valence-electron chi connectivity index (χ2n) is 4.03. The second-order valence-corrected chi connectivity index (χ2v) is 6.29. The van der Waals surface area contributed by atoms with Crippen LogP contribution >= 0.6 is 0 Å². The molecule has 1 heterocycles. The quantitative estimate of drug-likeness (QED) is 0.707. The standard InChI is InChI=1S/C9H20N2O2S/c1-10-9-3-5-11(6-4-9)7-8-14(2,12)13/h9-10H,3-8H2,1-2H3. The Morgan fingerprint density at radius 1 is 1.36 bits per heavy atom. The zero-order valence-electron chi connectivity index (χ0n) is 8.99. The Labute approximate surface area is 86.6 Å². The van der Waals surface area contributed by atoms with Gasteiger partial charge in [-0.05, 0) is 33.0 Å². The van der Waals surface area contributed by atoms with Crippen LogP contribution in [0.3, 0.4) is 0 Å². The van der Waals surface area contributed by atoms with Gasteiger partial charge in [0.2, 0.25) is 0 Å². The SMILES string of the molecule is CNC1CCN(CCS(C)(=O)=O)CC1. The molecule has 1 rings (SSSR count). The van der Waals surface area contributed by atoms with Crippen molar-refractivity contribution in [3.63, 3.8) is 0 Å². The smallest absolute Gasteiger partial charge is 0.148 e. The van der Waals surface area contributed by atoms with Crippen molar-refractivity contribution in [2.24, 2.45) is 0 Å². The molecule has 4 nitrogen and oxygen atoms in total. The molecular weight excluding hydrogens is 200 g/mol. The minimum Gasteiger partial charge on any atom is -0.317 e. The maximum atomic E-state index is 11.0. The summed E-state index contributed by atoms with van der Waals surface area (Å²) >= 11 is 0. The van der Waals surface area contributed by atoms with Gasteiger partial charge in [0.25, 0.3) is 0 Å². The molecular formula is C9H20N2O2S. The molecule has 0 aromatic heterocycles. The predicted molar refractivity (Wildman–Crippen MR) is 58.2 cm³/mol. The first-order valence-electron chi connectivity index (χ1n) is 5.08. The molecule has 1 N–H and O–H groups in total. The third kappa shape index (κ3) is 4.39. The number of nitrogens with zero attached hydrogens (tertiary/aromatic N) is 1. The van der Waals surface area contributed by atoms with Gasteiger partial charge >= 0.3 is 0 Å². The molecule has 1 saturated heterocycles. The monoisotopic (exact) mass is 220 g/mol. The fourth-order valence-corrected chi connectivity index (χ4v) is 2.33. The first-order valence-corrected chi connectivity index (χ1v) is 7.14. The Morgan fingerprint density at radius 2 is 1.93 bits per heavy atom. The predicted octanol–water partition coefficient (Wildman–Crippen LogP) is -0.285. The lowest BCUT2D eigenvalue weighted by molar-refractivity contribution is 0.212. The molecule has 1 aliphatic heterocycles. The van der Waals surface area contributed by atoms with Crippen molar-refractivity contribution in [2.75, 3.05) is 38.7 Å². The van der Waals surface area contributed by atoms with E-state index < -0.39 is 9.84 Å². The van der Waals surface area contributed by atoms with Crippen molar-refractivity contribution in [3.8, 4) is 0 Å². The lowest BCUT2D eigenvalue weighted by Crippen LogP contribution is -2.42. The zero-order valence-corrected chi connectivity index (χ0v) is 9.81. The van der Waals surface area contributed by atoms with E-state index in [2.05, 4.69) is 10.2 Å². The highest BCUT2D eigenvalue weighted by molar-refractivity contribution is 7.90. The van der Waals surface area contributed by atoms with Gasteiger partial charge in [-0.25, -0.2) is 8.42 Å². The third-order valence-electron chi connectivity index (χ3n) is 2.77. The van der Waals surface area contributed by atoms with Crippen molar-refractivity contribution in [3.05, 3.63) is 0 Å². The first-order chi connectivity index (χ1) is 6.51. The van der Waals surface area contributed by atoms with Gasteiger partial charge in [0.15, 0.2) is 0 Å². The van der Waals surface area contributed by atoms with E-state index >= 15 is 0 Å². The van der Waals surface area contributed by atoms with E-state index in [0.29, 0.717) is 12.6 Å². The zero-order chi connectivity index (χ0) is 10.6. The molecule has 0 saturated carbocycles. The summed E-state index contributed by atoms with van der Waals surface area (Å²) in [7, 11) is -0.817. The maximum Gasteiger partial charge on any atom is 0.148 e. The summed E-state index contributed by atoms with van der Waals surface area (Å²) in [6.07, 6.45) is 3.55. The summed E-state index contributed by atoms with van der Waals surface area (Å²) in [5.74, 6) is 0.289. The fourth-order valence-electron chi connectivity index (χ4n) is 1.74. The molecule has 0 atom stereocenters. The van der Waals surface area contributed by atoms with Gasteiger partial charge in [0.1, 0.15) is 9.84 Å². The van der Waals surface area contributed by atoms with E-state index in [-0.39, 0.29) is 5.75 Å². The van der Waals surface area contributed by atoms with Crippen LogP contribution in [-0.2, 0) is 9.84 Å². The lowest BCUT2D eigenvalue weighted by atomic mass is 10.1. The van der Waals surface area contributed by atoms with Crippen LogP contribution in [0.15, 0.2) is 0 Å². The molecule has 0 radical (unpaired) electrons. The van der Waals surface area contributed by atoms with Crippen LogP contribution in [0, 0.1) is 0 Å². The Balaban J connectivity index is 2.23. The minimum absolute atomic E-state index is 0.289. The molecule has 0 aliphatic carbocycles. The molecule has 0 aromatic rings.